The molecule has 0 bridgehead atoms. The van der Waals surface area contributed by atoms with E-state index in [2.05, 4.69) is 21.6 Å². The van der Waals surface area contributed by atoms with Gasteiger partial charge in [-0.2, -0.15) is 9.94 Å². The fourth-order valence-corrected chi connectivity index (χ4v) is 2.81. The highest BCUT2D eigenvalue weighted by Crippen LogP contribution is 2.32. The van der Waals surface area contributed by atoms with E-state index in [1.54, 1.807) is 22.9 Å². The predicted octanol–water partition coefficient (Wildman–Crippen LogP) is 2.16. The van der Waals surface area contributed by atoms with Gasteiger partial charge in [-0.1, -0.05) is 19.3 Å². The zero-order valence-electron chi connectivity index (χ0n) is 11.2. The van der Waals surface area contributed by atoms with E-state index in [1.807, 2.05) is 0 Å². The number of aromatic nitrogens is 4. The quantitative estimate of drug-likeness (QED) is 0.842. The molecule has 0 unspecified atom stereocenters. The number of rotatable bonds is 2. The lowest BCUT2D eigenvalue weighted by Crippen LogP contribution is -2.13. The highest BCUT2D eigenvalue weighted by atomic mass is 15.5. The molecule has 0 saturated heterocycles. The second-order valence-corrected chi connectivity index (χ2v) is 5.17. The molecule has 1 heterocycles. The third-order valence-electron chi connectivity index (χ3n) is 3.83. The van der Waals surface area contributed by atoms with Crippen LogP contribution in [0.2, 0.25) is 0 Å². The number of hydrogen-bond donors (Lipinski definition) is 1. The normalized spacial score (nSPS) is 15.9. The van der Waals surface area contributed by atoms with Gasteiger partial charge < -0.3 is 5.73 Å². The van der Waals surface area contributed by atoms with Gasteiger partial charge in [-0.3, -0.25) is 0 Å². The minimum Gasteiger partial charge on any atom is -0.399 e. The number of nitrogen functional groups attached to an aromatic ring is 1. The average molecular weight is 268 g/mol. The molecule has 1 saturated carbocycles. The zero-order valence-corrected chi connectivity index (χ0v) is 11.2. The summed E-state index contributed by atoms with van der Waals surface area (Å²) >= 11 is 0. The Kier molecular flexibility index (Phi) is 3.33. The number of nitriles is 1. The molecule has 0 amide bonds. The van der Waals surface area contributed by atoms with Gasteiger partial charge in [0.05, 0.1) is 11.3 Å². The average Bonchev–Trinajstić information content (AvgIpc) is 2.97. The Morgan fingerprint density at radius 2 is 2.05 bits per heavy atom. The van der Waals surface area contributed by atoms with Crippen LogP contribution in [0.4, 0.5) is 5.69 Å². The lowest BCUT2D eigenvalue weighted by Gasteiger charge is -2.20. The van der Waals surface area contributed by atoms with Gasteiger partial charge in [0.1, 0.15) is 6.07 Å². The van der Waals surface area contributed by atoms with Crippen molar-refractivity contribution in [2.24, 2.45) is 0 Å². The van der Waals surface area contributed by atoms with Crippen molar-refractivity contribution >= 4 is 5.69 Å². The van der Waals surface area contributed by atoms with E-state index < -0.39 is 0 Å². The molecule has 0 radical (unpaired) electrons. The molecule has 0 aliphatic heterocycles. The van der Waals surface area contributed by atoms with Crippen molar-refractivity contribution in [3.63, 3.8) is 0 Å². The predicted molar refractivity (Wildman–Crippen MR) is 74.1 cm³/mol. The third-order valence-corrected chi connectivity index (χ3v) is 3.83. The van der Waals surface area contributed by atoms with Gasteiger partial charge in [-0.25, -0.2) is 0 Å². The highest BCUT2D eigenvalue weighted by molar-refractivity contribution is 5.56. The summed E-state index contributed by atoms with van der Waals surface area (Å²) in [6, 6.07) is 7.38. The first-order chi connectivity index (χ1) is 9.79. The van der Waals surface area contributed by atoms with E-state index in [0.29, 0.717) is 22.9 Å². The lowest BCUT2D eigenvalue weighted by atomic mass is 9.88. The summed E-state index contributed by atoms with van der Waals surface area (Å²) < 4.78 is 1.69. The van der Waals surface area contributed by atoms with E-state index in [0.717, 1.165) is 18.7 Å². The van der Waals surface area contributed by atoms with Crippen molar-refractivity contribution in [1.29, 1.82) is 5.26 Å². The van der Waals surface area contributed by atoms with Gasteiger partial charge in [0.15, 0.2) is 5.82 Å². The second kappa shape index (κ2) is 5.29. The number of tetrazole rings is 1. The summed E-state index contributed by atoms with van der Waals surface area (Å²) in [5, 5.41) is 21.3. The molecule has 1 aromatic carbocycles. The Morgan fingerprint density at radius 1 is 1.25 bits per heavy atom. The zero-order chi connectivity index (χ0) is 13.9. The van der Waals surface area contributed by atoms with Crippen LogP contribution < -0.4 is 5.73 Å². The molecular weight excluding hydrogens is 252 g/mol. The highest BCUT2D eigenvalue weighted by Gasteiger charge is 2.23. The van der Waals surface area contributed by atoms with Crippen molar-refractivity contribution in [1.82, 2.24) is 20.2 Å². The maximum atomic E-state index is 9.26. The topological polar surface area (TPSA) is 93.4 Å². The summed E-state index contributed by atoms with van der Waals surface area (Å²) in [4.78, 5) is 0. The van der Waals surface area contributed by atoms with E-state index in [-0.39, 0.29) is 0 Å². The maximum absolute atomic E-state index is 9.26. The molecule has 3 rings (SSSR count). The SMILES string of the molecule is N#Cc1cc(N)ccc1-n1nnnc1C1CCCCC1. The summed E-state index contributed by atoms with van der Waals surface area (Å²) in [6.07, 6.45) is 5.92. The van der Waals surface area contributed by atoms with E-state index >= 15 is 0 Å². The molecule has 6 nitrogen and oxygen atoms in total. The van der Waals surface area contributed by atoms with Crippen LogP contribution in [0.1, 0.15) is 49.4 Å². The minimum absolute atomic E-state index is 0.378. The number of benzene rings is 1. The first kappa shape index (κ1) is 12.6. The fraction of sp³-hybridized carbons (Fsp3) is 0.429. The van der Waals surface area contributed by atoms with Crippen molar-refractivity contribution in [2.45, 2.75) is 38.0 Å². The Hall–Kier alpha value is -2.42. The largest absolute Gasteiger partial charge is 0.399 e. The van der Waals surface area contributed by atoms with Crippen molar-refractivity contribution < 1.29 is 0 Å². The van der Waals surface area contributed by atoms with Crippen LogP contribution in [-0.4, -0.2) is 20.2 Å². The number of nitrogens with two attached hydrogens (primary N) is 1. The number of nitrogens with zero attached hydrogens (tertiary/aromatic N) is 5. The smallest absolute Gasteiger partial charge is 0.159 e. The van der Waals surface area contributed by atoms with Gasteiger partial charge in [-0.05, 0) is 41.5 Å². The molecule has 0 spiro atoms. The third kappa shape index (κ3) is 2.23. The van der Waals surface area contributed by atoms with Gasteiger partial charge in [-0.15, -0.1) is 5.10 Å². The first-order valence-corrected chi connectivity index (χ1v) is 6.88. The molecule has 20 heavy (non-hydrogen) atoms. The van der Waals surface area contributed by atoms with Crippen LogP contribution in [0.3, 0.4) is 0 Å². The van der Waals surface area contributed by atoms with Crippen LogP contribution in [0.15, 0.2) is 18.2 Å². The van der Waals surface area contributed by atoms with Gasteiger partial charge in [0.25, 0.3) is 0 Å². The molecule has 2 aromatic rings. The van der Waals surface area contributed by atoms with Crippen molar-refractivity contribution in [2.75, 3.05) is 5.73 Å². The molecule has 0 atom stereocenters. The summed E-state index contributed by atoms with van der Waals surface area (Å²) in [5.74, 6) is 1.23. The summed E-state index contributed by atoms with van der Waals surface area (Å²) in [5.41, 5.74) is 7.49. The van der Waals surface area contributed by atoms with Crippen LogP contribution >= 0.6 is 0 Å². The maximum Gasteiger partial charge on any atom is 0.159 e. The fourth-order valence-electron chi connectivity index (χ4n) is 2.81. The van der Waals surface area contributed by atoms with Crippen LogP contribution in [0, 0.1) is 11.3 Å². The lowest BCUT2D eigenvalue weighted by molar-refractivity contribution is 0.422. The molecule has 6 heteroatoms. The van der Waals surface area contributed by atoms with Crippen LogP contribution in [-0.2, 0) is 0 Å². The molecular formula is C14H16N6. The Bertz CT molecular complexity index is 648. The number of hydrogen-bond acceptors (Lipinski definition) is 5. The molecule has 1 aliphatic carbocycles. The molecule has 1 aliphatic rings. The second-order valence-electron chi connectivity index (χ2n) is 5.17. The van der Waals surface area contributed by atoms with Crippen molar-refractivity contribution in [3.05, 3.63) is 29.6 Å². The first-order valence-electron chi connectivity index (χ1n) is 6.88. The van der Waals surface area contributed by atoms with Crippen molar-refractivity contribution in [3.8, 4) is 11.8 Å². The Morgan fingerprint density at radius 3 is 2.80 bits per heavy atom. The van der Waals surface area contributed by atoms with Gasteiger partial charge in [0.2, 0.25) is 0 Å². The van der Waals surface area contributed by atoms with Crippen LogP contribution in [0.25, 0.3) is 5.69 Å². The summed E-state index contributed by atoms with van der Waals surface area (Å²) in [6.45, 7) is 0. The standard InChI is InChI=1S/C14H16N6/c15-9-11-8-12(16)6-7-13(11)20-14(17-18-19-20)10-4-2-1-3-5-10/h6-8,10H,1-5,16H2. The molecule has 1 aromatic heterocycles. The van der Waals surface area contributed by atoms with E-state index in [1.165, 1.54) is 19.3 Å². The Balaban J connectivity index is 2.03. The summed E-state index contributed by atoms with van der Waals surface area (Å²) in [7, 11) is 0. The van der Waals surface area contributed by atoms with E-state index in [4.69, 9.17) is 5.73 Å². The van der Waals surface area contributed by atoms with E-state index in [9.17, 15) is 5.26 Å². The Labute approximate surface area is 117 Å². The monoisotopic (exact) mass is 268 g/mol. The van der Waals surface area contributed by atoms with Crippen LogP contribution in [0.5, 0.6) is 0 Å². The molecule has 102 valence electrons. The number of anilines is 1. The molecule has 2 N–H and O–H groups in total. The van der Waals surface area contributed by atoms with Gasteiger partial charge in [0, 0.05) is 11.6 Å². The minimum atomic E-state index is 0.378. The molecule has 1 fully saturated rings. The van der Waals surface area contributed by atoms with Gasteiger partial charge >= 0.3 is 0 Å².